The molecule has 0 spiro atoms. The van der Waals surface area contributed by atoms with Crippen molar-refractivity contribution in [2.75, 3.05) is 5.32 Å². The first-order valence-corrected chi connectivity index (χ1v) is 8.33. The van der Waals surface area contributed by atoms with Gasteiger partial charge in [0.05, 0.1) is 0 Å². The summed E-state index contributed by atoms with van der Waals surface area (Å²) >= 11 is 0. The summed E-state index contributed by atoms with van der Waals surface area (Å²) in [5.74, 6) is -1.00. The SMILES string of the molecule is CC(=O)NC(Cc1c[nH]c2ccccc12)C(=O)Nc1ccc(F)cc1C. The number of benzene rings is 2. The second-order valence-corrected chi connectivity index (χ2v) is 6.27. The van der Waals surface area contributed by atoms with Crippen LogP contribution in [0.2, 0.25) is 0 Å². The summed E-state index contributed by atoms with van der Waals surface area (Å²) in [7, 11) is 0. The number of amides is 2. The standard InChI is InChI=1S/C20H20FN3O2/c1-12-9-15(21)7-8-17(12)24-20(26)19(23-13(2)25)10-14-11-22-18-6-4-3-5-16(14)18/h3-9,11,19,22H,10H2,1-2H3,(H,23,25)(H,24,26). The molecule has 0 fully saturated rings. The molecule has 134 valence electrons. The second-order valence-electron chi connectivity index (χ2n) is 6.27. The Labute approximate surface area is 150 Å². The summed E-state index contributed by atoms with van der Waals surface area (Å²) in [6.07, 6.45) is 2.19. The van der Waals surface area contributed by atoms with Crippen LogP contribution in [0.15, 0.2) is 48.7 Å². The number of halogens is 1. The molecule has 3 N–H and O–H groups in total. The Morgan fingerprint density at radius 2 is 1.96 bits per heavy atom. The summed E-state index contributed by atoms with van der Waals surface area (Å²) < 4.78 is 13.2. The molecule has 5 nitrogen and oxygen atoms in total. The minimum Gasteiger partial charge on any atom is -0.361 e. The van der Waals surface area contributed by atoms with E-state index in [-0.39, 0.29) is 17.6 Å². The zero-order valence-electron chi connectivity index (χ0n) is 14.6. The van der Waals surface area contributed by atoms with Crippen LogP contribution in [0.1, 0.15) is 18.1 Å². The maximum absolute atomic E-state index is 13.2. The van der Waals surface area contributed by atoms with Crippen LogP contribution in [-0.2, 0) is 16.0 Å². The average molecular weight is 353 g/mol. The van der Waals surface area contributed by atoms with Crippen LogP contribution in [0.25, 0.3) is 10.9 Å². The molecule has 0 aliphatic rings. The minimum absolute atomic E-state index is 0.291. The van der Waals surface area contributed by atoms with Gasteiger partial charge in [0.25, 0.3) is 0 Å². The number of aromatic nitrogens is 1. The third-order valence-electron chi connectivity index (χ3n) is 4.24. The highest BCUT2D eigenvalue weighted by Crippen LogP contribution is 2.20. The molecule has 0 aliphatic heterocycles. The number of hydrogen-bond donors (Lipinski definition) is 3. The third-order valence-corrected chi connectivity index (χ3v) is 4.24. The lowest BCUT2D eigenvalue weighted by atomic mass is 10.0. The fraction of sp³-hybridized carbons (Fsp3) is 0.200. The molecular formula is C20H20FN3O2. The van der Waals surface area contributed by atoms with E-state index in [2.05, 4.69) is 15.6 Å². The van der Waals surface area contributed by atoms with Crippen molar-refractivity contribution in [1.82, 2.24) is 10.3 Å². The number of anilines is 1. The highest BCUT2D eigenvalue weighted by molar-refractivity contribution is 5.98. The molecule has 2 aromatic carbocycles. The molecule has 0 aliphatic carbocycles. The van der Waals surface area contributed by atoms with E-state index in [1.54, 1.807) is 6.92 Å². The Kier molecular flexibility index (Phi) is 5.02. The summed E-state index contributed by atoms with van der Waals surface area (Å²) in [6, 6.07) is 11.2. The van der Waals surface area contributed by atoms with Gasteiger partial charge in [0.1, 0.15) is 11.9 Å². The average Bonchev–Trinajstić information content (AvgIpc) is 2.99. The molecule has 0 bridgehead atoms. The van der Waals surface area contributed by atoms with Crippen molar-refractivity contribution < 1.29 is 14.0 Å². The van der Waals surface area contributed by atoms with E-state index in [0.29, 0.717) is 17.7 Å². The van der Waals surface area contributed by atoms with Gasteiger partial charge in [-0.1, -0.05) is 18.2 Å². The van der Waals surface area contributed by atoms with Crippen LogP contribution >= 0.6 is 0 Å². The van der Waals surface area contributed by atoms with E-state index >= 15 is 0 Å². The molecular weight excluding hydrogens is 333 g/mol. The van der Waals surface area contributed by atoms with Gasteiger partial charge in [-0.2, -0.15) is 0 Å². The smallest absolute Gasteiger partial charge is 0.247 e. The first kappa shape index (κ1) is 17.7. The van der Waals surface area contributed by atoms with Crippen molar-refractivity contribution in [1.29, 1.82) is 0 Å². The Morgan fingerprint density at radius 3 is 2.69 bits per heavy atom. The maximum atomic E-state index is 13.2. The fourth-order valence-electron chi connectivity index (χ4n) is 2.96. The van der Waals surface area contributed by atoms with Crippen molar-refractivity contribution in [2.24, 2.45) is 0 Å². The molecule has 1 unspecified atom stereocenters. The van der Waals surface area contributed by atoms with E-state index in [9.17, 15) is 14.0 Å². The molecule has 1 aromatic heterocycles. The molecule has 3 aromatic rings. The van der Waals surface area contributed by atoms with Crippen molar-refractivity contribution in [3.8, 4) is 0 Å². The Hall–Kier alpha value is -3.15. The lowest BCUT2D eigenvalue weighted by Crippen LogP contribution is -2.44. The first-order chi connectivity index (χ1) is 12.4. The van der Waals surface area contributed by atoms with E-state index in [1.165, 1.54) is 25.1 Å². The van der Waals surface area contributed by atoms with Gasteiger partial charge in [0.2, 0.25) is 11.8 Å². The lowest BCUT2D eigenvalue weighted by molar-refractivity contribution is -0.125. The first-order valence-electron chi connectivity index (χ1n) is 8.33. The van der Waals surface area contributed by atoms with Crippen LogP contribution in [0.5, 0.6) is 0 Å². The van der Waals surface area contributed by atoms with Crippen molar-refractivity contribution in [3.63, 3.8) is 0 Å². The number of nitrogens with one attached hydrogen (secondary N) is 3. The summed E-state index contributed by atoms with van der Waals surface area (Å²) in [5, 5.41) is 6.48. The van der Waals surface area contributed by atoms with E-state index in [1.807, 2.05) is 30.5 Å². The van der Waals surface area contributed by atoms with Gasteiger partial charge in [0.15, 0.2) is 0 Å². The van der Waals surface area contributed by atoms with Crippen LogP contribution < -0.4 is 10.6 Å². The quantitative estimate of drug-likeness (QED) is 0.658. The molecule has 3 rings (SSSR count). The molecule has 26 heavy (non-hydrogen) atoms. The predicted octanol–water partition coefficient (Wildman–Crippen LogP) is 3.30. The van der Waals surface area contributed by atoms with E-state index in [0.717, 1.165) is 16.5 Å². The van der Waals surface area contributed by atoms with Gasteiger partial charge in [-0.3, -0.25) is 9.59 Å². The molecule has 1 heterocycles. The molecule has 6 heteroatoms. The number of para-hydroxylation sites is 1. The number of carbonyl (C=O) groups excluding carboxylic acids is 2. The topological polar surface area (TPSA) is 74.0 Å². The summed E-state index contributed by atoms with van der Waals surface area (Å²) in [6.45, 7) is 3.09. The summed E-state index contributed by atoms with van der Waals surface area (Å²) in [5.41, 5.74) is 3.04. The van der Waals surface area contributed by atoms with Crippen LogP contribution in [0.3, 0.4) is 0 Å². The van der Waals surface area contributed by atoms with Gasteiger partial charge >= 0.3 is 0 Å². The third kappa shape index (κ3) is 3.91. The zero-order chi connectivity index (χ0) is 18.7. The number of rotatable bonds is 5. The number of fused-ring (bicyclic) bond motifs is 1. The Morgan fingerprint density at radius 1 is 1.19 bits per heavy atom. The number of aromatic amines is 1. The monoisotopic (exact) mass is 353 g/mol. The number of hydrogen-bond acceptors (Lipinski definition) is 2. The highest BCUT2D eigenvalue weighted by Gasteiger charge is 2.22. The zero-order valence-corrected chi connectivity index (χ0v) is 14.6. The Balaban J connectivity index is 1.83. The second kappa shape index (κ2) is 7.39. The van der Waals surface area contributed by atoms with Crippen molar-refractivity contribution in [3.05, 3.63) is 65.6 Å². The van der Waals surface area contributed by atoms with Crippen LogP contribution in [0.4, 0.5) is 10.1 Å². The van der Waals surface area contributed by atoms with Gasteiger partial charge in [-0.05, 0) is 42.3 Å². The normalized spacial score (nSPS) is 12.0. The largest absolute Gasteiger partial charge is 0.361 e. The maximum Gasteiger partial charge on any atom is 0.247 e. The van der Waals surface area contributed by atoms with Gasteiger partial charge in [0, 0.05) is 36.1 Å². The molecule has 0 saturated carbocycles. The lowest BCUT2D eigenvalue weighted by Gasteiger charge is -2.18. The van der Waals surface area contributed by atoms with Gasteiger partial charge in [-0.25, -0.2) is 4.39 Å². The van der Waals surface area contributed by atoms with Gasteiger partial charge < -0.3 is 15.6 Å². The molecule has 1 atom stereocenters. The number of aryl methyl sites for hydroxylation is 1. The summed E-state index contributed by atoms with van der Waals surface area (Å²) in [4.78, 5) is 27.4. The molecule has 0 saturated heterocycles. The van der Waals surface area contributed by atoms with Gasteiger partial charge in [-0.15, -0.1) is 0 Å². The number of H-pyrrole nitrogens is 1. The minimum atomic E-state index is -0.740. The highest BCUT2D eigenvalue weighted by atomic mass is 19.1. The fourth-order valence-corrected chi connectivity index (χ4v) is 2.96. The van der Waals surface area contributed by atoms with Crippen LogP contribution in [-0.4, -0.2) is 22.8 Å². The van der Waals surface area contributed by atoms with E-state index < -0.39 is 6.04 Å². The van der Waals surface area contributed by atoms with Crippen LogP contribution in [0, 0.1) is 12.7 Å². The Bertz CT molecular complexity index is 965. The molecule has 2 amide bonds. The predicted molar refractivity (Wildman–Crippen MR) is 99.4 cm³/mol. The molecule has 0 radical (unpaired) electrons. The van der Waals surface area contributed by atoms with Crippen molar-refractivity contribution >= 4 is 28.4 Å². The van der Waals surface area contributed by atoms with E-state index in [4.69, 9.17) is 0 Å². The van der Waals surface area contributed by atoms with Crippen molar-refractivity contribution in [2.45, 2.75) is 26.3 Å². The number of carbonyl (C=O) groups is 2.